The highest BCUT2D eigenvalue weighted by Gasteiger charge is 2.20. The molecule has 1 saturated heterocycles. The number of benzene rings is 1. The Morgan fingerprint density at radius 3 is 2.77 bits per heavy atom. The van der Waals surface area contributed by atoms with Gasteiger partial charge in [-0.2, -0.15) is 0 Å². The molecule has 0 spiro atoms. The number of nitro benzene ring substituents is 1. The Hall–Kier alpha value is -2.06. The Kier molecular flexibility index (Phi) is 4.30. The normalized spacial score (nSPS) is 15.0. The van der Waals surface area contributed by atoms with Crippen molar-refractivity contribution in [3.63, 3.8) is 0 Å². The molecule has 0 bridgehead atoms. The maximum Gasteiger partial charge on any atom is 0.283 e. The minimum Gasteiger partial charge on any atom is -0.378 e. The summed E-state index contributed by atoms with van der Waals surface area (Å²) < 4.78 is 7.19. The lowest BCUT2D eigenvalue weighted by atomic mass is 10.2. The summed E-state index contributed by atoms with van der Waals surface area (Å²) in [5.41, 5.74) is 1.08. The van der Waals surface area contributed by atoms with Crippen LogP contribution in [0.15, 0.2) is 40.6 Å². The lowest BCUT2D eigenvalue weighted by Gasteiger charge is -2.29. The van der Waals surface area contributed by atoms with Crippen LogP contribution in [-0.2, 0) is 11.8 Å². The van der Waals surface area contributed by atoms with Gasteiger partial charge in [0.1, 0.15) is 0 Å². The molecule has 1 aromatic carbocycles. The molecule has 8 heteroatoms. The number of aromatic nitrogens is 2. The van der Waals surface area contributed by atoms with Gasteiger partial charge in [0.05, 0.1) is 23.0 Å². The molecular weight excluding hydrogens is 304 g/mol. The van der Waals surface area contributed by atoms with Crippen molar-refractivity contribution in [1.82, 2.24) is 9.55 Å². The highest BCUT2D eigenvalue weighted by molar-refractivity contribution is 7.99. The molecule has 2 aromatic rings. The van der Waals surface area contributed by atoms with E-state index in [0.29, 0.717) is 18.1 Å². The molecule has 0 amide bonds. The van der Waals surface area contributed by atoms with Gasteiger partial charge in [-0.25, -0.2) is 4.98 Å². The summed E-state index contributed by atoms with van der Waals surface area (Å²) in [6.45, 7) is 2.95. The Balaban J connectivity index is 1.93. The third kappa shape index (κ3) is 3.07. The predicted octanol–water partition coefficient (Wildman–Crippen LogP) is 2.32. The Labute approximate surface area is 132 Å². The number of hydrogen-bond acceptors (Lipinski definition) is 6. The van der Waals surface area contributed by atoms with Gasteiger partial charge in [0.2, 0.25) is 0 Å². The average molecular weight is 320 g/mol. The zero-order valence-corrected chi connectivity index (χ0v) is 13.0. The molecule has 2 heterocycles. The number of rotatable bonds is 4. The number of hydrogen-bond donors (Lipinski definition) is 0. The minimum absolute atomic E-state index is 0.102. The fraction of sp³-hybridized carbons (Fsp3) is 0.357. The highest BCUT2D eigenvalue weighted by Crippen LogP contribution is 2.36. The Morgan fingerprint density at radius 1 is 1.36 bits per heavy atom. The van der Waals surface area contributed by atoms with E-state index >= 15 is 0 Å². The quantitative estimate of drug-likeness (QED) is 0.636. The number of aryl methyl sites for hydroxylation is 1. The van der Waals surface area contributed by atoms with Gasteiger partial charge >= 0.3 is 0 Å². The van der Waals surface area contributed by atoms with Crippen molar-refractivity contribution < 1.29 is 9.66 Å². The van der Waals surface area contributed by atoms with Crippen molar-refractivity contribution in [1.29, 1.82) is 0 Å². The van der Waals surface area contributed by atoms with E-state index in [9.17, 15) is 10.1 Å². The molecule has 0 unspecified atom stereocenters. The first-order chi connectivity index (χ1) is 10.6. The van der Waals surface area contributed by atoms with Crippen LogP contribution in [0.3, 0.4) is 0 Å². The molecule has 0 saturated carbocycles. The van der Waals surface area contributed by atoms with Crippen molar-refractivity contribution >= 4 is 23.1 Å². The standard InChI is InChI=1S/C14H16N4O3S/c1-16-5-4-15-14(16)22-13-10-11(2-3-12(13)18(19)20)17-6-8-21-9-7-17/h2-5,10H,6-9H2,1H3. The van der Waals surface area contributed by atoms with Crippen molar-refractivity contribution in [2.24, 2.45) is 7.05 Å². The Morgan fingerprint density at radius 2 is 2.14 bits per heavy atom. The zero-order chi connectivity index (χ0) is 15.5. The lowest BCUT2D eigenvalue weighted by Crippen LogP contribution is -2.36. The third-order valence-corrected chi connectivity index (χ3v) is 4.62. The summed E-state index contributed by atoms with van der Waals surface area (Å²) in [7, 11) is 1.87. The second kappa shape index (κ2) is 6.37. The second-order valence-corrected chi connectivity index (χ2v) is 5.94. The predicted molar refractivity (Wildman–Crippen MR) is 83.5 cm³/mol. The molecule has 1 aromatic heterocycles. The first-order valence-electron chi connectivity index (χ1n) is 6.91. The fourth-order valence-electron chi connectivity index (χ4n) is 2.30. The molecular formula is C14H16N4O3S. The van der Waals surface area contributed by atoms with Crippen molar-refractivity contribution in [2.45, 2.75) is 10.1 Å². The molecule has 1 aliphatic rings. The van der Waals surface area contributed by atoms with Crippen molar-refractivity contribution in [3.05, 3.63) is 40.7 Å². The second-order valence-electron chi connectivity index (χ2n) is 4.93. The average Bonchev–Trinajstić information content (AvgIpc) is 2.93. The van der Waals surface area contributed by atoms with Gasteiger partial charge in [-0.05, 0) is 23.9 Å². The molecule has 1 aliphatic heterocycles. The van der Waals surface area contributed by atoms with Gasteiger partial charge in [0.25, 0.3) is 5.69 Å². The summed E-state index contributed by atoms with van der Waals surface area (Å²) in [5.74, 6) is 0. The maximum absolute atomic E-state index is 11.3. The molecule has 3 rings (SSSR count). The molecule has 0 N–H and O–H groups in total. The zero-order valence-electron chi connectivity index (χ0n) is 12.1. The van der Waals surface area contributed by atoms with E-state index in [4.69, 9.17) is 4.74 Å². The van der Waals surface area contributed by atoms with Crippen molar-refractivity contribution in [2.75, 3.05) is 31.2 Å². The van der Waals surface area contributed by atoms with Gasteiger partial charge in [0, 0.05) is 44.3 Å². The molecule has 0 radical (unpaired) electrons. The maximum atomic E-state index is 11.3. The van der Waals surface area contributed by atoms with E-state index in [1.54, 1.807) is 18.3 Å². The number of nitro groups is 1. The third-order valence-electron chi connectivity index (χ3n) is 3.49. The van der Waals surface area contributed by atoms with E-state index in [2.05, 4.69) is 9.88 Å². The van der Waals surface area contributed by atoms with E-state index in [1.807, 2.05) is 23.9 Å². The van der Waals surface area contributed by atoms with Crippen LogP contribution < -0.4 is 4.90 Å². The number of anilines is 1. The van der Waals surface area contributed by atoms with E-state index < -0.39 is 0 Å². The van der Waals surface area contributed by atoms with Gasteiger partial charge in [-0.3, -0.25) is 10.1 Å². The van der Waals surface area contributed by atoms with E-state index in [0.717, 1.165) is 23.9 Å². The number of imidazole rings is 1. The van der Waals surface area contributed by atoms with E-state index in [1.165, 1.54) is 11.8 Å². The fourth-order valence-corrected chi connectivity index (χ4v) is 3.24. The van der Waals surface area contributed by atoms with Gasteiger partial charge in [-0.1, -0.05) is 0 Å². The first kappa shape index (κ1) is 14.9. The number of ether oxygens (including phenoxy) is 1. The first-order valence-corrected chi connectivity index (χ1v) is 7.73. The Bertz CT molecular complexity index is 682. The topological polar surface area (TPSA) is 73.4 Å². The summed E-state index contributed by atoms with van der Waals surface area (Å²) in [5, 5.41) is 12.0. The van der Waals surface area contributed by atoms with E-state index in [-0.39, 0.29) is 10.6 Å². The van der Waals surface area contributed by atoms with Gasteiger partial charge in [-0.15, -0.1) is 0 Å². The summed E-state index contributed by atoms with van der Waals surface area (Å²) >= 11 is 1.31. The SMILES string of the molecule is Cn1ccnc1Sc1cc(N2CCOCC2)ccc1[N+](=O)[O-]. The van der Waals surface area contributed by atoms with Gasteiger partial charge < -0.3 is 14.2 Å². The largest absolute Gasteiger partial charge is 0.378 e. The smallest absolute Gasteiger partial charge is 0.283 e. The number of morpholine rings is 1. The summed E-state index contributed by atoms with van der Waals surface area (Å²) in [6.07, 6.45) is 3.50. The van der Waals surface area contributed by atoms with Crippen LogP contribution in [0, 0.1) is 10.1 Å². The highest BCUT2D eigenvalue weighted by atomic mass is 32.2. The molecule has 7 nitrogen and oxygen atoms in total. The number of nitrogens with zero attached hydrogens (tertiary/aromatic N) is 4. The molecule has 116 valence electrons. The van der Waals surface area contributed by atoms with Crippen LogP contribution in [0.2, 0.25) is 0 Å². The van der Waals surface area contributed by atoms with Crippen LogP contribution in [0.25, 0.3) is 0 Å². The van der Waals surface area contributed by atoms with Crippen LogP contribution in [0.5, 0.6) is 0 Å². The molecule has 0 aliphatic carbocycles. The van der Waals surface area contributed by atoms with Crippen LogP contribution in [0.4, 0.5) is 11.4 Å². The summed E-state index contributed by atoms with van der Waals surface area (Å²) in [4.78, 5) is 17.9. The molecule has 0 atom stereocenters. The monoisotopic (exact) mass is 320 g/mol. The van der Waals surface area contributed by atoms with Crippen LogP contribution in [0.1, 0.15) is 0 Å². The minimum atomic E-state index is -0.353. The van der Waals surface area contributed by atoms with Gasteiger partial charge in [0.15, 0.2) is 5.16 Å². The lowest BCUT2D eigenvalue weighted by molar-refractivity contribution is -0.387. The van der Waals surface area contributed by atoms with Crippen LogP contribution in [-0.4, -0.2) is 40.8 Å². The van der Waals surface area contributed by atoms with Crippen LogP contribution >= 0.6 is 11.8 Å². The molecule has 1 fully saturated rings. The summed E-state index contributed by atoms with van der Waals surface area (Å²) in [6, 6.07) is 5.23. The van der Waals surface area contributed by atoms with Crippen molar-refractivity contribution in [3.8, 4) is 0 Å². The molecule has 22 heavy (non-hydrogen) atoms.